The summed E-state index contributed by atoms with van der Waals surface area (Å²) in [5.74, 6) is -0.0668. The van der Waals surface area contributed by atoms with Crippen LogP contribution in [-0.2, 0) is 9.53 Å². The minimum atomic E-state index is -0.416. The molecule has 1 aliphatic heterocycles. The number of anilines is 1. The van der Waals surface area contributed by atoms with E-state index in [1.54, 1.807) is 24.7 Å². The fourth-order valence-corrected chi connectivity index (χ4v) is 2.96. The second-order valence-electron chi connectivity index (χ2n) is 6.31. The Kier molecular flexibility index (Phi) is 4.99. The monoisotopic (exact) mass is 367 g/mol. The van der Waals surface area contributed by atoms with Crippen LogP contribution in [0.1, 0.15) is 0 Å². The summed E-state index contributed by atoms with van der Waals surface area (Å²) >= 11 is 0. The molecule has 138 valence electrons. The number of halogens is 1. The van der Waals surface area contributed by atoms with E-state index in [2.05, 4.69) is 20.3 Å². The predicted octanol–water partition coefficient (Wildman–Crippen LogP) is 2.10. The molecule has 1 N–H and O–H groups in total. The summed E-state index contributed by atoms with van der Waals surface area (Å²) in [6.45, 7) is 3.09. The molecule has 27 heavy (non-hydrogen) atoms. The number of morpholine rings is 1. The van der Waals surface area contributed by atoms with Gasteiger partial charge in [0.2, 0.25) is 5.91 Å². The van der Waals surface area contributed by atoms with E-state index < -0.39 is 5.82 Å². The van der Waals surface area contributed by atoms with Crippen LogP contribution in [0.3, 0.4) is 0 Å². The topological polar surface area (TPSA) is 80.2 Å². The highest BCUT2D eigenvalue weighted by atomic mass is 19.1. The van der Waals surface area contributed by atoms with Gasteiger partial charge in [0, 0.05) is 42.6 Å². The van der Waals surface area contributed by atoms with Crippen molar-refractivity contribution in [2.24, 2.45) is 0 Å². The number of carbonyl (C=O) groups excluding carboxylic acids is 1. The molecule has 0 spiro atoms. The molecule has 7 nitrogen and oxygen atoms in total. The average Bonchev–Trinajstić information content (AvgIpc) is 2.68. The normalized spacial score (nSPS) is 15.0. The van der Waals surface area contributed by atoms with Gasteiger partial charge in [0.05, 0.1) is 31.6 Å². The number of pyridine rings is 3. The molecule has 0 saturated carbocycles. The van der Waals surface area contributed by atoms with E-state index in [-0.39, 0.29) is 5.91 Å². The second kappa shape index (κ2) is 7.73. The van der Waals surface area contributed by atoms with E-state index in [0.29, 0.717) is 36.8 Å². The fraction of sp³-hybridized carbons (Fsp3) is 0.263. The molecule has 8 heteroatoms. The van der Waals surface area contributed by atoms with Crippen molar-refractivity contribution in [1.29, 1.82) is 0 Å². The lowest BCUT2D eigenvalue weighted by Gasteiger charge is -2.25. The summed E-state index contributed by atoms with van der Waals surface area (Å²) in [6, 6.07) is 4.99. The van der Waals surface area contributed by atoms with Gasteiger partial charge in [0.1, 0.15) is 11.6 Å². The van der Waals surface area contributed by atoms with Crippen molar-refractivity contribution in [2.45, 2.75) is 0 Å². The Labute approximate surface area is 155 Å². The SMILES string of the molecule is O=C(CN1CCOCC1)Nc1cc2cc(-c3cncc(F)c3)ncc2cn1. The van der Waals surface area contributed by atoms with Gasteiger partial charge in [-0.3, -0.25) is 19.7 Å². The minimum Gasteiger partial charge on any atom is -0.379 e. The molecule has 4 heterocycles. The molecule has 1 aliphatic rings. The minimum absolute atomic E-state index is 0.118. The third-order valence-corrected chi connectivity index (χ3v) is 4.34. The van der Waals surface area contributed by atoms with Crippen molar-refractivity contribution in [3.05, 3.63) is 48.8 Å². The summed E-state index contributed by atoms with van der Waals surface area (Å²) in [6.07, 6.45) is 6.03. The summed E-state index contributed by atoms with van der Waals surface area (Å²) in [4.78, 5) is 26.7. The molecular weight excluding hydrogens is 349 g/mol. The predicted molar refractivity (Wildman–Crippen MR) is 98.6 cm³/mol. The number of nitrogens with one attached hydrogen (secondary N) is 1. The van der Waals surface area contributed by atoms with Crippen LogP contribution >= 0.6 is 0 Å². The van der Waals surface area contributed by atoms with E-state index in [0.717, 1.165) is 30.1 Å². The van der Waals surface area contributed by atoms with Crippen molar-refractivity contribution in [3.8, 4) is 11.3 Å². The van der Waals surface area contributed by atoms with E-state index in [4.69, 9.17) is 4.74 Å². The summed E-state index contributed by atoms with van der Waals surface area (Å²) in [7, 11) is 0. The first-order valence-electron chi connectivity index (χ1n) is 8.64. The van der Waals surface area contributed by atoms with Gasteiger partial charge in [-0.05, 0) is 23.6 Å². The van der Waals surface area contributed by atoms with Gasteiger partial charge in [0.25, 0.3) is 0 Å². The largest absolute Gasteiger partial charge is 0.379 e. The Balaban J connectivity index is 1.53. The molecule has 0 radical (unpaired) electrons. The molecule has 0 atom stereocenters. The molecule has 4 rings (SSSR count). The number of rotatable bonds is 4. The number of hydrogen-bond donors (Lipinski definition) is 1. The van der Waals surface area contributed by atoms with Gasteiger partial charge in [-0.1, -0.05) is 0 Å². The molecule has 1 fully saturated rings. The Morgan fingerprint density at radius 2 is 1.89 bits per heavy atom. The molecule has 0 unspecified atom stereocenters. The van der Waals surface area contributed by atoms with Gasteiger partial charge < -0.3 is 10.1 Å². The molecule has 0 bridgehead atoms. The first-order valence-corrected chi connectivity index (χ1v) is 8.64. The molecule has 3 aromatic rings. The van der Waals surface area contributed by atoms with Crippen molar-refractivity contribution >= 4 is 22.5 Å². The van der Waals surface area contributed by atoms with Gasteiger partial charge in [-0.25, -0.2) is 9.37 Å². The number of aromatic nitrogens is 3. The zero-order chi connectivity index (χ0) is 18.6. The molecule has 0 aliphatic carbocycles. The third-order valence-electron chi connectivity index (χ3n) is 4.34. The van der Waals surface area contributed by atoms with Crippen molar-refractivity contribution < 1.29 is 13.9 Å². The van der Waals surface area contributed by atoms with Crippen molar-refractivity contribution in [1.82, 2.24) is 19.9 Å². The first kappa shape index (κ1) is 17.4. The Bertz CT molecular complexity index is 975. The highest BCUT2D eigenvalue weighted by molar-refractivity contribution is 5.94. The highest BCUT2D eigenvalue weighted by Crippen LogP contribution is 2.23. The lowest BCUT2D eigenvalue weighted by atomic mass is 10.1. The van der Waals surface area contributed by atoms with Crippen LogP contribution in [0.5, 0.6) is 0 Å². The number of amides is 1. The summed E-state index contributed by atoms with van der Waals surface area (Å²) in [5.41, 5.74) is 1.19. The second-order valence-corrected chi connectivity index (χ2v) is 6.31. The first-order chi connectivity index (χ1) is 13.2. The van der Waals surface area contributed by atoms with Crippen LogP contribution < -0.4 is 5.32 Å². The Morgan fingerprint density at radius 3 is 2.70 bits per heavy atom. The van der Waals surface area contributed by atoms with Crippen LogP contribution in [0.15, 0.2) is 43.0 Å². The quantitative estimate of drug-likeness (QED) is 0.761. The highest BCUT2D eigenvalue weighted by Gasteiger charge is 2.14. The standard InChI is InChI=1S/C19H18FN5O2/c20-16-5-14(8-21-11-16)17-6-13-7-18(23-10-15(13)9-22-17)24-19(26)12-25-1-3-27-4-2-25/h5-11H,1-4,12H2,(H,23,24,26). The molecule has 0 aromatic carbocycles. The molecule has 1 saturated heterocycles. The lowest BCUT2D eigenvalue weighted by Crippen LogP contribution is -2.41. The number of ether oxygens (including phenoxy) is 1. The molecule has 1 amide bonds. The van der Waals surface area contributed by atoms with E-state index in [1.165, 1.54) is 6.07 Å². The number of carbonyl (C=O) groups is 1. The van der Waals surface area contributed by atoms with Crippen LogP contribution in [0, 0.1) is 5.82 Å². The van der Waals surface area contributed by atoms with Crippen molar-refractivity contribution in [2.75, 3.05) is 38.2 Å². The maximum Gasteiger partial charge on any atom is 0.239 e. The zero-order valence-electron chi connectivity index (χ0n) is 14.6. The van der Waals surface area contributed by atoms with Crippen LogP contribution in [0.25, 0.3) is 22.0 Å². The molecular formula is C19H18FN5O2. The van der Waals surface area contributed by atoms with Crippen molar-refractivity contribution in [3.63, 3.8) is 0 Å². The molecule has 3 aromatic heterocycles. The van der Waals surface area contributed by atoms with Crippen LogP contribution in [0.4, 0.5) is 10.2 Å². The maximum absolute atomic E-state index is 13.4. The van der Waals surface area contributed by atoms with Gasteiger partial charge >= 0.3 is 0 Å². The van der Waals surface area contributed by atoms with Gasteiger partial charge in [0.15, 0.2) is 0 Å². The number of hydrogen-bond acceptors (Lipinski definition) is 6. The number of nitrogens with zero attached hydrogens (tertiary/aromatic N) is 4. The third kappa shape index (κ3) is 4.24. The summed E-state index contributed by atoms with van der Waals surface area (Å²) < 4.78 is 18.7. The smallest absolute Gasteiger partial charge is 0.239 e. The lowest BCUT2D eigenvalue weighted by molar-refractivity contribution is -0.118. The summed E-state index contributed by atoms with van der Waals surface area (Å²) in [5, 5.41) is 4.50. The Morgan fingerprint density at radius 1 is 1.07 bits per heavy atom. The fourth-order valence-electron chi connectivity index (χ4n) is 2.96. The van der Waals surface area contributed by atoms with E-state index in [9.17, 15) is 9.18 Å². The van der Waals surface area contributed by atoms with E-state index in [1.807, 2.05) is 11.0 Å². The zero-order valence-corrected chi connectivity index (χ0v) is 14.6. The maximum atomic E-state index is 13.4. The van der Waals surface area contributed by atoms with Crippen LogP contribution in [0.2, 0.25) is 0 Å². The number of fused-ring (bicyclic) bond motifs is 1. The van der Waals surface area contributed by atoms with Gasteiger partial charge in [-0.15, -0.1) is 0 Å². The van der Waals surface area contributed by atoms with Crippen LogP contribution in [-0.4, -0.2) is 58.6 Å². The average molecular weight is 367 g/mol. The van der Waals surface area contributed by atoms with Gasteiger partial charge in [-0.2, -0.15) is 0 Å². The van der Waals surface area contributed by atoms with E-state index >= 15 is 0 Å². The Hall–Kier alpha value is -2.97.